The molecule has 10 nitrogen and oxygen atoms in total. The minimum Gasteiger partial charge on any atom is -0.508 e. The van der Waals surface area contributed by atoms with Crippen LogP contribution in [-0.2, 0) is 10.0 Å². The van der Waals surface area contributed by atoms with E-state index < -0.39 is 21.7 Å². The van der Waals surface area contributed by atoms with E-state index in [0.29, 0.717) is 26.5 Å². The van der Waals surface area contributed by atoms with Gasteiger partial charge in [0.1, 0.15) is 17.3 Å². The summed E-state index contributed by atoms with van der Waals surface area (Å²) >= 11 is 7.14. The molecule has 0 saturated heterocycles. The van der Waals surface area contributed by atoms with Crippen LogP contribution in [0.1, 0.15) is 15.9 Å². The Labute approximate surface area is 248 Å². The fourth-order valence-corrected chi connectivity index (χ4v) is 6.22. The van der Waals surface area contributed by atoms with E-state index in [2.05, 4.69) is 25.6 Å². The average Bonchev–Trinajstić information content (AvgIpc) is 3.38. The highest BCUT2D eigenvalue weighted by atomic mass is 35.5. The predicted molar refractivity (Wildman–Crippen MR) is 161 cm³/mol. The van der Waals surface area contributed by atoms with Gasteiger partial charge in [0.2, 0.25) is 0 Å². The van der Waals surface area contributed by atoms with Crippen molar-refractivity contribution in [3.8, 4) is 11.5 Å². The Morgan fingerprint density at radius 3 is 2.60 bits per heavy atom. The first-order chi connectivity index (χ1) is 20.1. The van der Waals surface area contributed by atoms with Gasteiger partial charge in [-0.1, -0.05) is 35.1 Å². The molecule has 0 unspecified atom stereocenters. The van der Waals surface area contributed by atoms with Gasteiger partial charge in [0.15, 0.2) is 5.13 Å². The number of aromatic nitrogens is 1. The molecule has 5 rings (SSSR count). The molecule has 0 saturated carbocycles. The first kappa shape index (κ1) is 28.8. The van der Waals surface area contributed by atoms with Crippen LogP contribution < -0.4 is 20.2 Å². The first-order valence-corrected chi connectivity index (χ1v) is 14.8. The second-order valence-electron chi connectivity index (χ2n) is 8.65. The largest absolute Gasteiger partial charge is 0.508 e. The lowest BCUT2D eigenvalue weighted by Crippen LogP contribution is -2.20. The number of phenolic OH excluding ortho intramolecular Hbond substituents is 1. The second kappa shape index (κ2) is 12.0. The molecule has 1 heterocycles. The number of para-hydroxylation sites is 1. The van der Waals surface area contributed by atoms with Crippen molar-refractivity contribution in [1.82, 2.24) is 10.4 Å². The molecule has 0 aliphatic carbocycles. The summed E-state index contributed by atoms with van der Waals surface area (Å²) < 4.78 is 49.4. The topological polar surface area (TPSA) is 142 Å². The minimum atomic E-state index is -4.23. The summed E-state index contributed by atoms with van der Waals surface area (Å²) in [7, 11) is -2.89. The van der Waals surface area contributed by atoms with Gasteiger partial charge >= 0.3 is 0 Å². The molecule has 1 amide bonds. The van der Waals surface area contributed by atoms with E-state index in [0.717, 1.165) is 17.4 Å². The number of nitrogens with one attached hydrogen (secondary N) is 3. The molecule has 14 heteroatoms. The number of rotatable bonds is 9. The number of benzene rings is 4. The molecule has 0 aliphatic rings. The number of nitrogens with zero attached hydrogens (tertiary/aromatic N) is 2. The Morgan fingerprint density at radius 2 is 1.86 bits per heavy atom. The molecule has 5 aromatic rings. The van der Waals surface area contributed by atoms with Crippen LogP contribution in [-0.4, -0.2) is 37.7 Å². The highest BCUT2D eigenvalue weighted by Gasteiger charge is 2.22. The van der Waals surface area contributed by atoms with E-state index in [9.17, 15) is 22.7 Å². The normalized spacial score (nSPS) is 11.5. The zero-order chi connectivity index (χ0) is 29.9. The number of sulfonamides is 1. The zero-order valence-corrected chi connectivity index (χ0v) is 24.0. The van der Waals surface area contributed by atoms with Gasteiger partial charge in [-0.2, -0.15) is 5.10 Å². The Bertz CT molecular complexity index is 1930. The number of ether oxygens (including phenoxy) is 1. The van der Waals surface area contributed by atoms with E-state index in [4.69, 9.17) is 16.3 Å². The van der Waals surface area contributed by atoms with Crippen LogP contribution >= 0.6 is 22.9 Å². The summed E-state index contributed by atoms with van der Waals surface area (Å²) in [6.45, 7) is 0. The molecule has 4 N–H and O–H groups in total. The van der Waals surface area contributed by atoms with Crippen molar-refractivity contribution in [3.05, 3.63) is 101 Å². The molecule has 0 spiro atoms. The highest BCUT2D eigenvalue weighted by Crippen LogP contribution is 2.38. The second-order valence-corrected chi connectivity index (χ2v) is 11.7. The number of amides is 1. The third-order valence-electron chi connectivity index (χ3n) is 5.86. The summed E-state index contributed by atoms with van der Waals surface area (Å²) in [6, 6.07) is 19.3. The van der Waals surface area contributed by atoms with Gasteiger partial charge < -0.3 is 15.2 Å². The summed E-state index contributed by atoms with van der Waals surface area (Å²) in [5.74, 6) is -1.08. The van der Waals surface area contributed by atoms with Gasteiger partial charge in [-0.15, -0.1) is 0 Å². The van der Waals surface area contributed by atoms with E-state index in [1.54, 1.807) is 36.4 Å². The van der Waals surface area contributed by atoms with Crippen LogP contribution in [0.5, 0.6) is 11.5 Å². The quantitative estimate of drug-likeness (QED) is 0.114. The smallest absolute Gasteiger partial charge is 0.275 e. The number of fused-ring (bicyclic) bond motifs is 1. The third-order valence-corrected chi connectivity index (χ3v) is 8.66. The molecule has 0 radical (unpaired) electrons. The molecule has 4 aromatic carbocycles. The zero-order valence-electron chi connectivity index (χ0n) is 21.6. The summed E-state index contributed by atoms with van der Waals surface area (Å²) in [5, 5.41) is 16.6. The van der Waals surface area contributed by atoms with E-state index in [1.807, 2.05) is 0 Å². The van der Waals surface area contributed by atoms with Crippen LogP contribution in [0.15, 0.2) is 88.9 Å². The van der Waals surface area contributed by atoms with E-state index >= 15 is 0 Å². The fraction of sp³-hybridized carbons (Fsp3) is 0.0357. The van der Waals surface area contributed by atoms with Crippen LogP contribution in [0.3, 0.4) is 0 Å². The number of methoxy groups -OCH3 is 1. The van der Waals surface area contributed by atoms with Gasteiger partial charge in [0.05, 0.1) is 50.4 Å². The number of thiazole rings is 1. The van der Waals surface area contributed by atoms with Crippen LogP contribution in [0, 0.1) is 5.82 Å². The summed E-state index contributed by atoms with van der Waals surface area (Å²) in [5.41, 5.74) is 3.78. The lowest BCUT2D eigenvalue weighted by molar-refractivity contribution is 0.0952. The van der Waals surface area contributed by atoms with Gasteiger partial charge in [0, 0.05) is 0 Å². The molecule has 42 heavy (non-hydrogen) atoms. The first-order valence-electron chi connectivity index (χ1n) is 12.1. The van der Waals surface area contributed by atoms with Crippen LogP contribution in [0.25, 0.3) is 10.2 Å². The molecule has 0 fully saturated rings. The molecule has 0 aliphatic heterocycles. The number of carbonyl (C=O) groups is 1. The minimum absolute atomic E-state index is 0.0156. The molecule has 0 bridgehead atoms. The average molecular weight is 626 g/mol. The van der Waals surface area contributed by atoms with Crippen molar-refractivity contribution in [3.63, 3.8) is 0 Å². The Balaban J connectivity index is 1.39. The Hall–Kier alpha value is -4.72. The number of hydrogen-bond donors (Lipinski definition) is 4. The maximum absolute atomic E-state index is 14.8. The number of phenols is 1. The highest BCUT2D eigenvalue weighted by molar-refractivity contribution is 7.93. The summed E-state index contributed by atoms with van der Waals surface area (Å²) in [4.78, 5) is 16.9. The predicted octanol–water partition coefficient (Wildman–Crippen LogP) is 6.11. The van der Waals surface area contributed by atoms with Gasteiger partial charge in [-0.3, -0.25) is 9.52 Å². The Kier molecular flexibility index (Phi) is 8.24. The van der Waals surface area contributed by atoms with Crippen molar-refractivity contribution in [1.29, 1.82) is 0 Å². The number of hydrazone groups is 1. The number of aromatic hydroxyl groups is 1. The monoisotopic (exact) mass is 625 g/mol. The standard InChI is InChI=1S/C28H21ClFN5O5S2/c1-40-24-13-10-18(14-19(24)27(37)34-31-15-16-6-8-17(36)9-7-16)42(38,39)35-28-33-23-12-11-21(30)25(26(23)41-28)32-22-5-3-2-4-20(22)29/h2-15,32,36H,1H3,(H,33,35)(H,34,37)/b31-15+. The van der Waals surface area contributed by atoms with Crippen molar-refractivity contribution >= 4 is 71.8 Å². The van der Waals surface area contributed by atoms with Crippen LogP contribution in [0.2, 0.25) is 5.02 Å². The number of halogens is 2. The van der Waals surface area contributed by atoms with Crippen molar-refractivity contribution in [2.45, 2.75) is 4.90 Å². The van der Waals surface area contributed by atoms with Gasteiger partial charge in [0.25, 0.3) is 15.9 Å². The van der Waals surface area contributed by atoms with Gasteiger partial charge in [-0.25, -0.2) is 23.2 Å². The molecule has 1 aromatic heterocycles. The summed E-state index contributed by atoms with van der Waals surface area (Å²) in [6.07, 6.45) is 1.36. The van der Waals surface area contributed by atoms with Crippen molar-refractivity contribution in [2.24, 2.45) is 5.10 Å². The van der Waals surface area contributed by atoms with Crippen LogP contribution in [0.4, 0.5) is 20.9 Å². The number of anilines is 3. The van der Waals surface area contributed by atoms with E-state index in [1.165, 1.54) is 49.7 Å². The molecular weight excluding hydrogens is 605 g/mol. The van der Waals surface area contributed by atoms with Crippen molar-refractivity contribution < 1.29 is 27.4 Å². The fourth-order valence-electron chi connectivity index (χ4n) is 3.82. The van der Waals surface area contributed by atoms with Gasteiger partial charge in [-0.05, 0) is 72.3 Å². The maximum atomic E-state index is 14.8. The van der Waals surface area contributed by atoms with E-state index in [-0.39, 0.29) is 32.8 Å². The SMILES string of the molecule is COc1ccc(S(=O)(=O)Nc2nc3ccc(F)c(Nc4ccccc4Cl)c3s2)cc1C(=O)N/N=C/c1ccc(O)cc1. The Morgan fingerprint density at radius 1 is 1.10 bits per heavy atom. The maximum Gasteiger partial charge on any atom is 0.275 e. The number of hydrogen-bond acceptors (Lipinski definition) is 9. The van der Waals surface area contributed by atoms with Crippen molar-refractivity contribution in [2.75, 3.05) is 17.1 Å². The number of carbonyl (C=O) groups excluding carboxylic acids is 1. The lowest BCUT2D eigenvalue weighted by atomic mass is 10.2. The molecule has 0 atom stereocenters. The molecular formula is C28H21ClFN5O5S2. The lowest BCUT2D eigenvalue weighted by Gasteiger charge is -2.10. The molecule has 214 valence electrons. The third kappa shape index (κ3) is 6.28.